The highest BCUT2D eigenvalue weighted by atomic mass is 16.7. The molecular weight excluding hydrogens is 328 g/mol. The van der Waals surface area contributed by atoms with Crippen LogP contribution in [0.4, 0.5) is 0 Å². The largest absolute Gasteiger partial charge is 0.393 e. The van der Waals surface area contributed by atoms with Crippen molar-refractivity contribution in [1.82, 2.24) is 0 Å². The average molecular weight is 365 g/mol. The lowest BCUT2D eigenvalue weighted by atomic mass is 9.50. The lowest BCUT2D eigenvalue weighted by Gasteiger charge is -2.57. The zero-order chi connectivity index (χ0) is 18.3. The van der Waals surface area contributed by atoms with Gasteiger partial charge in [-0.05, 0) is 79.4 Å². The molecule has 5 fully saturated rings. The minimum atomic E-state index is -0.418. The van der Waals surface area contributed by atoms with E-state index in [4.69, 9.17) is 9.47 Å². The minimum Gasteiger partial charge on any atom is -0.393 e. The van der Waals surface area contributed by atoms with Crippen molar-refractivity contribution < 1.29 is 19.7 Å². The van der Waals surface area contributed by atoms with E-state index in [-0.39, 0.29) is 29.0 Å². The number of aliphatic hydroxyl groups excluding tert-OH is 2. The Morgan fingerprint density at radius 1 is 0.923 bits per heavy atom. The fraction of sp³-hybridized carbons (Fsp3) is 1.00. The van der Waals surface area contributed by atoms with Crippen molar-refractivity contribution in [1.29, 1.82) is 0 Å². The summed E-state index contributed by atoms with van der Waals surface area (Å²) in [6.07, 6.45) is 7.03. The number of fused-ring (bicyclic) bond motifs is 5. The van der Waals surface area contributed by atoms with E-state index < -0.39 is 5.79 Å². The molecule has 0 unspecified atom stereocenters. The Labute approximate surface area is 157 Å². The van der Waals surface area contributed by atoms with Crippen LogP contribution in [-0.2, 0) is 9.47 Å². The van der Waals surface area contributed by atoms with Gasteiger partial charge in [-0.25, -0.2) is 0 Å². The summed E-state index contributed by atoms with van der Waals surface area (Å²) in [6.45, 7) is 8.27. The number of aliphatic hydroxyl groups is 2. The van der Waals surface area contributed by atoms with E-state index in [0.29, 0.717) is 36.9 Å². The summed E-state index contributed by atoms with van der Waals surface area (Å²) >= 11 is 0. The van der Waals surface area contributed by atoms with Gasteiger partial charge in [0.1, 0.15) is 0 Å². The molecule has 4 nitrogen and oxygen atoms in total. The number of hydrogen-bond acceptors (Lipinski definition) is 4. The molecule has 148 valence electrons. The molecule has 1 heterocycles. The first-order valence-electron chi connectivity index (χ1n) is 10.9. The molecule has 1 spiro atoms. The maximum absolute atomic E-state index is 11.2. The van der Waals surface area contributed by atoms with Crippen molar-refractivity contribution in [3.8, 4) is 0 Å². The standard InChI is InChI=1S/C22H36O4/c1-13(23)15-4-5-16-14-10-19(24)18-12-22(25-8-9-26-22)7-6-20(18,2)17(14)11-21(15,16)3/h13-19,23-24H,4-12H2,1-3H3/t13-,14+,15+,16-,17+,18+,19-,20+,21+/m0/s1. The van der Waals surface area contributed by atoms with E-state index in [0.717, 1.165) is 32.1 Å². The lowest BCUT2D eigenvalue weighted by molar-refractivity contribution is -0.237. The van der Waals surface area contributed by atoms with Crippen LogP contribution in [0.15, 0.2) is 0 Å². The van der Waals surface area contributed by atoms with E-state index >= 15 is 0 Å². The molecule has 4 aliphatic carbocycles. The summed E-state index contributed by atoms with van der Waals surface area (Å²) in [4.78, 5) is 0. The van der Waals surface area contributed by atoms with Crippen LogP contribution in [0.25, 0.3) is 0 Å². The first kappa shape index (κ1) is 17.9. The first-order valence-corrected chi connectivity index (χ1v) is 10.9. The van der Waals surface area contributed by atoms with Crippen LogP contribution >= 0.6 is 0 Å². The third kappa shape index (κ3) is 2.22. The quantitative estimate of drug-likeness (QED) is 0.749. The van der Waals surface area contributed by atoms with Gasteiger partial charge in [-0.3, -0.25) is 0 Å². The molecule has 0 aromatic carbocycles. The van der Waals surface area contributed by atoms with Gasteiger partial charge in [-0.2, -0.15) is 0 Å². The molecule has 9 atom stereocenters. The highest BCUT2D eigenvalue weighted by Gasteiger charge is 2.67. The second kappa shape index (κ2) is 5.68. The molecule has 2 N–H and O–H groups in total. The second-order valence-corrected chi connectivity index (χ2v) is 10.7. The zero-order valence-corrected chi connectivity index (χ0v) is 16.6. The van der Waals surface area contributed by atoms with Crippen LogP contribution in [-0.4, -0.2) is 41.4 Å². The third-order valence-electron chi connectivity index (χ3n) is 9.82. The van der Waals surface area contributed by atoms with Crippen LogP contribution in [0.5, 0.6) is 0 Å². The maximum atomic E-state index is 11.2. The van der Waals surface area contributed by atoms with Crippen LogP contribution in [0.1, 0.15) is 65.7 Å². The van der Waals surface area contributed by atoms with E-state index in [1.165, 1.54) is 12.8 Å². The van der Waals surface area contributed by atoms with Crippen molar-refractivity contribution in [2.24, 2.45) is 40.4 Å². The molecule has 4 heteroatoms. The summed E-state index contributed by atoms with van der Waals surface area (Å²) in [6, 6.07) is 0. The summed E-state index contributed by atoms with van der Waals surface area (Å²) in [5.74, 6) is 2.26. The number of rotatable bonds is 1. The Morgan fingerprint density at radius 3 is 2.35 bits per heavy atom. The smallest absolute Gasteiger partial charge is 0.168 e. The summed E-state index contributed by atoms with van der Waals surface area (Å²) in [7, 11) is 0. The fourth-order valence-corrected chi connectivity index (χ4v) is 8.60. The van der Waals surface area contributed by atoms with Crippen molar-refractivity contribution in [2.45, 2.75) is 83.7 Å². The molecule has 0 aromatic rings. The van der Waals surface area contributed by atoms with Crippen LogP contribution < -0.4 is 0 Å². The number of hydrogen-bond donors (Lipinski definition) is 2. The van der Waals surface area contributed by atoms with E-state index in [1.807, 2.05) is 6.92 Å². The predicted molar refractivity (Wildman–Crippen MR) is 98.3 cm³/mol. The van der Waals surface area contributed by atoms with Crippen molar-refractivity contribution in [3.63, 3.8) is 0 Å². The molecular formula is C22H36O4. The SMILES string of the molecule is C[C@H](O)[C@H]1CC[C@H]2[C@H]3C[C@H](O)[C@H]4CC5(CC[C@]4(C)[C@@H]3C[C@]12C)OCCO5. The van der Waals surface area contributed by atoms with Gasteiger partial charge in [0.2, 0.25) is 0 Å². The van der Waals surface area contributed by atoms with Gasteiger partial charge in [-0.15, -0.1) is 0 Å². The van der Waals surface area contributed by atoms with E-state index in [1.54, 1.807) is 0 Å². The normalized spacial score (nSPS) is 56.2. The van der Waals surface area contributed by atoms with Gasteiger partial charge >= 0.3 is 0 Å². The van der Waals surface area contributed by atoms with Crippen LogP contribution in [0.2, 0.25) is 0 Å². The Kier molecular flexibility index (Phi) is 3.91. The molecule has 26 heavy (non-hydrogen) atoms. The van der Waals surface area contributed by atoms with Gasteiger partial charge < -0.3 is 19.7 Å². The Hall–Kier alpha value is -0.160. The van der Waals surface area contributed by atoms with Gasteiger partial charge in [0.15, 0.2) is 5.79 Å². The molecule has 5 aliphatic rings. The molecule has 1 saturated heterocycles. The van der Waals surface area contributed by atoms with Gasteiger partial charge in [0.05, 0.1) is 25.4 Å². The summed E-state index contributed by atoms with van der Waals surface area (Å²) < 4.78 is 12.0. The Morgan fingerprint density at radius 2 is 1.65 bits per heavy atom. The monoisotopic (exact) mass is 364 g/mol. The van der Waals surface area contributed by atoms with E-state index in [9.17, 15) is 10.2 Å². The second-order valence-electron chi connectivity index (χ2n) is 10.7. The van der Waals surface area contributed by atoms with Crippen molar-refractivity contribution >= 4 is 0 Å². The summed E-state index contributed by atoms with van der Waals surface area (Å²) in [5.41, 5.74) is 0.427. The molecule has 0 radical (unpaired) electrons. The lowest BCUT2D eigenvalue weighted by Crippen LogP contribution is -2.56. The summed E-state index contributed by atoms with van der Waals surface area (Å²) in [5, 5.41) is 21.6. The van der Waals surface area contributed by atoms with Crippen molar-refractivity contribution in [3.05, 3.63) is 0 Å². The molecule has 4 saturated carbocycles. The van der Waals surface area contributed by atoms with E-state index in [2.05, 4.69) is 13.8 Å². The molecule has 0 bridgehead atoms. The molecule has 1 aliphatic heterocycles. The highest BCUT2D eigenvalue weighted by molar-refractivity contribution is 5.15. The first-order chi connectivity index (χ1) is 12.3. The van der Waals surface area contributed by atoms with Gasteiger partial charge in [0, 0.05) is 12.8 Å². The average Bonchev–Trinajstić information content (AvgIpc) is 3.24. The Bertz CT molecular complexity index is 570. The van der Waals surface area contributed by atoms with Crippen LogP contribution in [0.3, 0.4) is 0 Å². The highest BCUT2D eigenvalue weighted by Crippen LogP contribution is 2.71. The minimum absolute atomic E-state index is 0.180. The van der Waals surface area contributed by atoms with Gasteiger partial charge in [0.25, 0.3) is 0 Å². The topological polar surface area (TPSA) is 58.9 Å². The maximum Gasteiger partial charge on any atom is 0.168 e. The molecule has 0 amide bonds. The van der Waals surface area contributed by atoms with Crippen LogP contribution in [0, 0.1) is 40.4 Å². The Balaban J connectivity index is 1.46. The predicted octanol–water partition coefficient (Wildman–Crippen LogP) is 3.35. The fourth-order valence-electron chi connectivity index (χ4n) is 8.60. The molecule has 0 aromatic heterocycles. The molecule has 5 rings (SSSR count). The van der Waals surface area contributed by atoms with Gasteiger partial charge in [-0.1, -0.05) is 13.8 Å². The zero-order valence-electron chi connectivity index (χ0n) is 16.6. The van der Waals surface area contributed by atoms with Crippen molar-refractivity contribution in [2.75, 3.05) is 13.2 Å². The number of ether oxygens (including phenoxy) is 2. The third-order valence-corrected chi connectivity index (χ3v) is 9.82.